The molecule has 0 N–H and O–H groups in total. The fourth-order valence-corrected chi connectivity index (χ4v) is 4.01. The molecule has 0 bridgehead atoms. The highest BCUT2D eigenvalue weighted by atomic mass is 32.1. The summed E-state index contributed by atoms with van der Waals surface area (Å²) in [6.07, 6.45) is 0. The predicted molar refractivity (Wildman–Crippen MR) is 70.9 cm³/mol. The van der Waals surface area contributed by atoms with E-state index >= 15 is 0 Å². The summed E-state index contributed by atoms with van der Waals surface area (Å²) in [4.78, 5) is 2.76. The monoisotopic (exact) mass is 248 g/mol. The molecule has 0 saturated heterocycles. The third-order valence-electron chi connectivity index (χ3n) is 2.24. The summed E-state index contributed by atoms with van der Waals surface area (Å²) in [6.45, 7) is 0. The lowest BCUT2D eigenvalue weighted by molar-refractivity contribution is 1.82. The van der Waals surface area contributed by atoms with E-state index in [0.717, 1.165) is 0 Å². The number of hydrogen-bond donors (Lipinski definition) is 0. The van der Waals surface area contributed by atoms with Crippen molar-refractivity contribution in [1.29, 1.82) is 0 Å². The Bertz CT molecular complexity index is 480. The molecule has 3 rings (SSSR count). The lowest BCUT2D eigenvalue weighted by Gasteiger charge is -1.98. The van der Waals surface area contributed by atoms with Gasteiger partial charge in [0.15, 0.2) is 0 Å². The van der Waals surface area contributed by atoms with Crippen LogP contribution in [0.3, 0.4) is 0 Å². The van der Waals surface area contributed by atoms with E-state index in [0.29, 0.717) is 0 Å². The third kappa shape index (κ3) is 1.67. The minimum Gasteiger partial charge on any atom is -0.152 e. The Morgan fingerprint density at radius 1 is 0.867 bits per heavy atom. The zero-order chi connectivity index (χ0) is 10.1. The van der Waals surface area contributed by atoms with Gasteiger partial charge in [-0.2, -0.15) is 11.3 Å². The first-order valence-electron chi connectivity index (χ1n) is 4.59. The van der Waals surface area contributed by atoms with Crippen LogP contribution in [0.5, 0.6) is 0 Å². The van der Waals surface area contributed by atoms with Crippen molar-refractivity contribution in [2.45, 2.75) is 0 Å². The number of rotatable bonds is 2. The van der Waals surface area contributed by atoms with Gasteiger partial charge in [-0.1, -0.05) is 6.07 Å². The molecule has 0 atom stereocenters. The van der Waals surface area contributed by atoms with Gasteiger partial charge in [0.1, 0.15) is 0 Å². The Morgan fingerprint density at radius 3 is 2.60 bits per heavy atom. The fourth-order valence-electron chi connectivity index (χ4n) is 1.55. The second-order valence-corrected chi connectivity index (χ2v) is 5.80. The van der Waals surface area contributed by atoms with Crippen LogP contribution in [0.25, 0.3) is 20.9 Å². The summed E-state index contributed by atoms with van der Waals surface area (Å²) in [6, 6.07) is 8.69. The molecule has 3 aromatic heterocycles. The maximum atomic E-state index is 2.21. The Labute approximate surface area is 100 Å². The normalized spacial score (nSPS) is 10.7. The van der Waals surface area contributed by atoms with Gasteiger partial charge in [-0.15, -0.1) is 22.7 Å². The van der Waals surface area contributed by atoms with Gasteiger partial charge in [-0.05, 0) is 45.3 Å². The molecule has 3 aromatic rings. The first-order valence-corrected chi connectivity index (χ1v) is 7.29. The van der Waals surface area contributed by atoms with Crippen molar-refractivity contribution in [3.8, 4) is 20.9 Å². The quantitative estimate of drug-likeness (QED) is 0.584. The van der Waals surface area contributed by atoms with Crippen molar-refractivity contribution in [2.24, 2.45) is 0 Å². The Hall–Kier alpha value is -0.900. The van der Waals surface area contributed by atoms with E-state index in [4.69, 9.17) is 0 Å². The minimum absolute atomic E-state index is 1.34. The van der Waals surface area contributed by atoms with Crippen LogP contribution in [-0.4, -0.2) is 0 Å². The van der Waals surface area contributed by atoms with Gasteiger partial charge in [0.25, 0.3) is 0 Å². The highest BCUT2D eigenvalue weighted by molar-refractivity contribution is 7.20. The average molecular weight is 248 g/mol. The van der Waals surface area contributed by atoms with Crippen LogP contribution < -0.4 is 0 Å². The van der Waals surface area contributed by atoms with Crippen molar-refractivity contribution in [3.05, 3.63) is 45.8 Å². The molecule has 3 heteroatoms. The van der Waals surface area contributed by atoms with Crippen molar-refractivity contribution in [3.63, 3.8) is 0 Å². The summed E-state index contributed by atoms with van der Waals surface area (Å²) in [7, 11) is 0. The summed E-state index contributed by atoms with van der Waals surface area (Å²) in [5, 5.41) is 8.64. The van der Waals surface area contributed by atoms with Crippen LogP contribution in [-0.2, 0) is 0 Å². The molecule has 74 valence electrons. The first kappa shape index (κ1) is 9.33. The smallest absolute Gasteiger partial charge is 0.0521 e. The molecule has 0 aliphatic rings. The standard InChI is InChI=1S/C12H8S3/c1-2-11(14-5-1)12-10(4-7-15-12)9-3-6-13-8-9/h1-8H. The lowest BCUT2D eigenvalue weighted by atomic mass is 10.1. The van der Waals surface area contributed by atoms with Gasteiger partial charge in [-0.3, -0.25) is 0 Å². The molecular weight excluding hydrogens is 240 g/mol. The van der Waals surface area contributed by atoms with Crippen LogP contribution in [0.4, 0.5) is 0 Å². The molecule has 3 heterocycles. The topological polar surface area (TPSA) is 0 Å². The molecule has 0 amide bonds. The Balaban J connectivity index is 2.15. The molecule has 0 saturated carbocycles. The summed E-state index contributed by atoms with van der Waals surface area (Å²) in [5.74, 6) is 0. The van der Waals surface area contributed by atoms with Crippen molar-refractivity contribution >= 4 is 34.0 Å². The SMILES string of the molecule is c1csc(-c2sccc2-c2ccsc2)c1. The molecule has 0 nitrogen and oxygen atoms in total. The van der Waals surface area contributed by atoms with E-state index in [2.05, 4.69) is 45.8 Å². The van der Waals surface area contributed by atoms with Gasteiger partial charge in [0, 0.05) is 10.4 Å². The molecule has 0 unspecified atom stereocenters. The predicted octanol–water partition coefficient (Wildman–Crippen LogP) is 5.21. The zero-order valence-electron chi connectivity index (χ0n) is 7.84. The Kier molecular flexibility index (Phi) is 2.44. The minimum atomic E-state index is 1.34. The maximum Gasteiger partial charge on any atom is 0.0521 e. The molecule has 0 aliphatic carbocycles. The van der Waals surface area contributed by atoms with Crippen molar-refractivity contribution < 1.29 is 0 Å². The van der Waals surface area contributed by atoms with E-state index < -0.39 is 0 Å². The van der Waals surface area contributed by atoms with Crippen molar-refractivity contribution in [2.75, 3.05) is 0 Å². The van der Waals surface area contributed by atoms with Crippen LogP contribution in [0, 0.1) is 0 Å². The molecule has 0 radical (unpaired) electrons. The summed E-state index contributed by atoms with van der Waals surface area (Å²) < 4.78 is 0. The van der Waals surface area contributed by atoms with Gasteiger partial charge in [-0.25, -0.2) is 0 Å². The van der Waals surface area contributed by atoms with Crippen LogP contribution in [0.15, 0.2) is 45.8 Å². The van der Waals surface area contributed by atoms with Gasteiger partial charge < -0.3 is 0 Å². The van der Waals surface area contributed by atoms with Gasteiger partial charge >= 0.3 is 0 Å². The number of thiophene rings is 3. The fraction of sp³-hybridized carbons (Fsp3) is 0. The second kappa shape index (κ2) is 3.93. The molecule has 0 aliphatic heterocycles. The molecule has 0 fully saturated rings. The lowest BCUT2D eigenvalue weighted by Crippen LogP contribution is -1.71. The third-order valence-corrected chi connectivity index (χ3v) is 4.89. The van der Waals surface area contributed by atoms with Gasteiger partial charge in [0.2, 0.25) is 0 Å². The van der Waals surface area contributed by atoms with Crippen molar-refractivity contribution in [1.82, 2.24) is 0 Å². The molecule has 0 spiro atoms. The van der Waals surface area contributed by atoms with Crippen LogP contribution >= 0.6 is 34.0 Å². The molecule has 0 aromatic carbocycles. The highest BCUT2D eigenvalue weighted by Crippen LogP contribution is 2.39. The summed E-state index contributed by atoms with van der Waals surface area (Å²) >= 11 is 5.38. The largest absolute Gasteiger partial charge is 0.152 e. The van der Waals surface area contributed by atoms with E-state index in [1.807, 2.05) is 11.3 Å². The zero-order valence-corrected chi connectivity index (χ0v) is 10.3. The van der Waals surface area contributed by atoms with Crippen LogP contribution in [0.2, 0.25) is 0 Å². The van der Waals surface area contributed by atoms with E-state index in [9.17, 15) is 0 Å². The second-order valence-electron chi connectivity index (χ2n) is 3.15. The van der Waals surface area contributed by atoms with E-state index in [-0.39, 0.29) is 0 Å². The summed E-state index contributed by atoms with van der Waals surface area (Å²) in [5.41, 5.74) is 2.70. The molecule has 15 heavy (non-hydrogen) atoms. The number of hydrogen-bond acceptors (Lipinski definition) is 3. The average Bonchev–Trinajstić information content (AvgIpc) is 3.01. The maximum absolute atomic E-state index is 2.21. The van der Waals surface area contributed by atoms with E-state index in [1.54, 1.807) is 22.7 Å². The van der Waals surface area contributed by atoms with Gasteiger partial charge in [0.05, 0.1) is 4.88 Å². The first-order chi connectivity index (χ1) is 7.45. The van der Waals surface area contributed by atoms with E-state index in [1.165, 1.54) is 20.9 Å². The highest BCUT2D eigenvalue weighted by Gasteiger charge is 2.09. The Morgan fingerprint density at radius 2 is 1.87 bits per heavy atom. The van der Waals surface area contributed by atoms with Crippen LogP contribution in [0.1, 0.15) is 0 Å². The molecular formula is C12H8S3.